The van der Waals surface area contributed by atoms with E-state index in [0.29, 0.717) is 41.8 Å². The highest BCUT2D eigenvalue weighted by atomic mass is 16.2. The standard InChI is InChI=1S/C22H26N6O3/c1-3-28-21(30)17-6-4-13(8-19(17)27-22(28)31)11-24-15-9-16(10-15)26-14-5-7-18(25-12-14)20(29)23-2/h4-8,12,15-16,24,26H,3,9-11H2,1-2H3,(H,23,29)(H,27,31). The Kier molecular flexibility index (Phi) is 5.85. The predicted molar refractivity (Wildman–Crippen MR) is 119 cm³/mol. The predicted octanol–water partition coefficient (Wildman–Crippen LogP) is 1.20. The van der Waals surface area contributed by atoms with E-state index in [4.69, 9.17) is 0 Å². The molecule has 2 aromatic heterocycles. The Labute approximate surface area is 178 Å². The van der Waals surface area contributed by atoms with Gasteiger partial charge in [0.2, 0.25) is 0 Å². The lowest BCUT2D eigenvalue weighted by molar-refractivity contribution is 0.0958. The molecule has 1 amide bonds. The second-order valence-corrected chi connectivity index (χ2v) is 7.76. The first-order valence-corrected chi connectivity index (χ1v) is 10.4. The van der Waals surface area contributed by atoms with Gasteiger partial charge in [-0.25, -0.2) is 9.78 Å². The first kappa shape index (κ1) is 20.8. The molecule has 31 heavy (non-hydrogen) atoms. The molecule has 0 spiro atoms. The number of anilines is 1. The lowest BCUT2D eigenvalue weighted by atomic mass is 9.86. The quantitative estimate of drug-likeness (QED) is 0.454. The molecular weight excluding hydrogens is 396 g/mol. The van der Waals surface area contributed by atoms with Crippen molar-refractivity contribution in [1.82, 2.24) is 25.2 Å². The number of carbonyl (C=O) groups is 1. The van der Waals surface area contributed by atoms with Crippen LogP contribution in [0, 0.1) is 0 Å². The molecule has 9 nitrogen and oxygen atoms in total. The zero-order valence-electron chi connectivity index (χ0n) is 17.6. The topological polar surface area (TPSA) is 121 Å². The van der Waals surface area contributed by atoms with Gasteiger partial charge in [-0.1, -0.05) is 6.07 Å². The normalized spacial score (nSPS) is 17.9. The van der Waals surface area contributed by atoms with Crippen molar-refractivity contribution < 1.29 is 4.79 Å². The van der Waals surface area contributed by atoms with Crippen molar-refractivity contribution in [2.45, 2.75) is 44.9 Å². The SMILES string of the molecule is CCn1c(=O)[nH]c2cc(CNC3CC(Nc4ccc(C(=O)NC)nc4)C3)ccc2c1=O. The van der Waals surface area contributed by atoms with E-state index in [9.17, 15) is 14.4 Å². The fraction of sp³-hybridized carbons (Fsp3) is 0.364. The van der Waals surface area contributed by atoms with Crippen molar-refractivity contribution in [2.75, 3.05) is 12.4 Å². The van der Waals surface area contributed by atoms with E-state index in [0.717, 1.165) is 24.1 Å². The number of benzene rings is 1. The van der Waals surface area contributed by atoms with E-state index in [-0.39, 0.29) is 17.2 Å². The number of aromatic amines is 1. The fourth-order valence-corrected chi connectivity index (χ4v) is 3.84. The maximum Gasteiger partial charge on any atom is 0.328 e. The minimum Gasteiger partial charge on any atom is -0.381 e. The van der Waals surface area contributed by atoms with Gasteiger partial charge in [-0.3, -0.25) is 14.2 Å². The van der Waals surface area contributed by atoms with Gasteiger partial charge in [0.25, 0.3) is 11.5 Å². The fourth-order valence-electron chi connectivity index (χ4n) is 3.84. The van der Waals surface area contributed by atoms with Gasteiger partial charge in [0.05, 0.1) is 22.8 Å². The van der Waals surface area contributed by atoms with Gasteiger partial charge < -0.3 is 20.9 Å². The second-order valence-electron chi connectivity index (χ2n) is 7.76. The van der Waals surface area contributed by atoms with Crippen molar-refractivity contribution in [3.05, 3.63) is 68.6 Å². The average Bonchev–Trinajstić information content (AvgIpc) is 2.75. The van der Waals surface area contributed by atoms with Crippen LogP contribution in [0.15, 0.2) is 46.1 Å². The number of hydrogen-bond acceptors (Lipinski definition) is 6. The summed E-state index contributed by atoms with van der Waals surface area (Å²) in [5, 5.41) is 10.0. The van der Waals surface area contributed by atoms with Crippen LogP contribution in [0.3, 0.4) is 0 Å². The van der Waals surface area contributed by atoms with Crippen molar-refractivity contribution in [3.8, 4) is 0 Å². The summed E-state index contributed by atoms with van der Waals surface area (Å²) in [6.07, 6.45) is 3.62. The molecule has 1 saturated carbocycles. The minimum atomic E-state index is -0.379. The van der Waals surface area contributed by atoms with E-state index in [1.54, 1.807) is 32.3 Å². The molecule has 162 valence electrons. The van der Waals surface area contributed by atoms with E-state index >= 15 is 0 Å². The molecule has 3 aromatic rings. The Morgan fingerprint density at radius 2 is 2.00 bits per heavy atom. The summed E-state index contributed by atoms with van der Waals surface area (Å²) in [5.41, 5.74) is 2.24. The molecule has 9 heteroatoms. The highest BCUT2D eigenvalue weighted by Gasteiger charge is 2.28. The van der Waals surface area contributed by atoms with E-state index in [1.807, 2.05) is 18.2 Å². The smallest absolute Gasteiger partial charge is 0.328 e. The number of H-pyrrole nitrogens is 1. The molecule has 2 heterocycles. The molecule has 0 unspecified atom stereocenters. The molecule has 1 aliphatic carbocycles. The van der Waals surface area contributed by atoms with Crippen LogP contribution >= 0.6 is 0 Å². The van der Waals surface area contributed by atoms with Crippen molar-refractivity contribution in [1.29, 1.82) is 0 Å². The number of amides is 1. The number of pyridine rings is 1. The molecule has 0 aliphatic heterocycles. The Bertz CT molecular complexity index is 1210. The third-order valence-corrected chi connectivity index (χ3v) is 5.69. The highest BCUT2D eigenvalue weighted by molar-refractivity contribution is 5.92. The van der Waals surface area contributed by atoms with Gasteiger partial charge in [-0.15, -0.1) is 0 Å². The molecule has 0 atom stereocenters. The number of hydrogen-bond donors (Lipinski definition) is 4. The van der Waals surface area contributed by atoms with Crippen molar-refractivity contribution >= 4 is 22.5 Å². The number of aromatic nitrogens is 3. The number of rotatable bonds is 7. The number of carbonyl (C=O) groups excluding carboxylic acids is 1. The Morgan fingerprint density at radius 1 is 1.19 bits per heavy atom. The maximum absolute atomic E-state index is 12.4. The summed E-state index contributed by atoms with van der Waals surface area (Å²) in [5.74, 6) is -0.201. The molecule has 0 radical (unpaired) electrons. The lowest BCUT2D eigenvalue weighted by Crippen LogP contribution is -2.47. The molecule has 4 N–H and O–H groups in total. The monoisotopic (exact) mass is 422 g/mol. The van der Waals surface area contributed by atoms with Crippen LogP contribution in [-0.4, -0.2) is 39.6 Å². The van der Waals surface area contributed by atoms with Gasteiger partial charge in [-0.05, 0) is 49.6 Å². The van der Waals surface area contributed by atoms with E-state index in [2.05, 4.69) is 25.9 Å². The molecule has 0 saturated heterocycles. The van der Waals surface area contributed by atoms with Crippen LogP contribution in [0.4, 0.5) is 5.69 Å². The Hall–Kier alpha value is -3.46. The first-order chi connectivity index (χ1) is 15.0. The van der Waals surface area contributed by atoms with Gasteiger partial charge >= 0.3 is 5.69 Å². The highest BCUT2D eigenvalue weighted by Crippen LogP contribution is 2.24. The molecule has 1 aliphatic rings. The lowest BCUT2D eigenvalue weighted by Gasteiger charge is -2.37. The largest absolute Gasteiger partial charge is 0.381 e. The minimum absolute atomic E-state index is 0.201. The van der Waals surface area contributed by atoms with Crippen LogP contribution in [-0.2, 0) is 13.1 Å². The zero-order valence-corrected chi connectivity index (χ0v) is 17.6. The molecule has 1 fully saturated rings. The summed E-state index contributed by atoms with van der Waals surface area (Å²) >= 11 is 0. The third kappa shape index (κ3) is 4.36. The van der Waals surface area contributed by atoms with Crippen LogP contribution in [0.25, 0.3) is 10.9 Å². The molecular formula is C22H26N6O3. The average molecular weight is 422 g/mol. The van der Waals surface area contributed by atoms with Gasteiger partial charge in [0.15, 0.2) is 0 Å². The summed E-state index contributed by atoms with van der Waals surface area (Å²) in [6, 6.07) is 9.86. The number of nitrogens with one attached hydrogen (secondary N) is 4. The second kappa shape index (κ2) is 8.73. The maximum atomic E-state index is 12.4. The van der Waals surface area contributed by atoms with Crippen LogP contribution in [0.5, 0.6) is 0 Å². The third-order valence-electron chi connectivity index (χ3n) is 5.69. The summed E-state index contributed by atoms with van der Waals surface area (Å²) in [7, 11) is 1.58. The number of fused-ring (bicyclic) bond motifs is 1. The number of nitrogens with zero attached hydrogens (tertiary/aromatic N) is 2. The van der Waals surface area contributed by atoms with Gasteiger partial charge in [0.1, 0.15) is 5.69 Å². The summed E-state index contributed by atoms with van der Waals surface area (Å²) in [4.78, 5) is 42.9. The van der Waals surface area contributed by atoms with Crippen LogP contribution in [0.2, 0.25) is 0 Å². The summed E-state index contributed by atoms with van der Waals surface area (Å²) < 4.78 is 1.20. The Morgan fingerprint density at radius 3 is 2.68 bits per heavy atom. The van der Waals surface area contributed by atoms with Gasteiger partial charge in [0, 0.05) is 32.2 Å². The molecule has 4 rings (SSSR count). The van der Waals surface area contributed by atoms with Crippen molar-refractivity contribution in [2.24, 2.45) is 0 Å². The first-order valence-electron chi connectivity index (χ1n) is 10.4. The molecule has 0 bridgehead atoms. The van der Waals surface area contributed by atoms with Gasteiger partial charge in [-0.2, -0.15) is 0 Å². The van der Waals surface area contributed by atoms with Crippen LogP contribution in [0.1, 0.15) is 35.8 Å². The van der Waals surface area contributed by atoms with Crippen molar-refractivity contribution in [3.63, 3.8) is 0 Å². The van der Waals surface area contributed by atoms with E-state index in [1.165, 1.54) is 4.57 Å². The van der Waals surface area contributed by atoms with Crippen LogP contribution < -0.4 is 27.2 Å². The zero-order chi connectivity index (χ0) is 22.0. The summed E-state index contributed by atoms with van der Waals surface area (Å²) in [6.45, 7) is 2.78. The van der Waals surface area contributed by atoms with E-state index < -0.39 is 0 Å². The molecule has 1 aromatic carbocycles. The Balaban J connectivity index is 1.30.